The summed E-state index contributed by atoms with van der Waals surface area (Å²) in [6, 6.07) is 8.03. The molecule has 1 aromatic heterocycles. The molecule has 2 saturated heterocycles. The minimum absolute atomic E-state index is 0.127. The molecule has 2 aromatic rings. The maximum absolute atomic E-state index is 14.7. The number of piperazine rings is 1. The minimum Gasteiger partial charge on any atom is -0.462 e. The lowest BCUT2D eigenvalue weighted by molar-refractivity contribution is 0.0144. The van der Waals surface area contributed by atoms with Crippen molar-refractivity contribution in [2.24, 2.45) is 0 Å². The highest BCUT2D eigenvalue weighted by atomic mass is 19.1. The van der Waals surface area contributed by atoms with Crippen molar-refractivity contribution in [1.29, 1.82) is 5.26 Å². The number of ether oxygens (including phenoxy) is 2. The maximum Gasteiger partial charge on any atom is 0.410 e. The quantitative estimate of drug-likeness (QED) is 0.474. The molecule has 43 heavy (non-hydrogen) atoms. The van der Waals surface area contributed by atoms with Crippen molar-refractivity contribution in [3.05, 3.63) is 46.4 Å². The smallest absolute Gasteiger partial charge is 0.410 e. The third kappa shape index (κ3) is 7.56. The van der Waals surface area contributed by atoms with Gasteiger partial charge in [0.1, 0.15) is 23.8 Å². The van der Waals surface area contributed by atoms with Crippen molar-refractivity contribution < 1.29 is 18.7 Å². The van der Waals surface area contributed by atoms with Gasteiger partial charge in [-0.3, -0.25) is 0 Å². The first kappa shape index (κ1) is 31.0. The summed E-state index contributed by atoms with van der Waals surface area (Å²) in [6.07, 6.45) is 6.53. The van der Waals surface area contributed by atoms with Crippen LogP contribution in [0.5, 0.6) is 6.01 Å². The molecule has 0 radical (unpaired) electrons. The van der Waals surface area contributed by atoms with Crippen molar-refractivity contribution in [2.45, 2.75) is 96.2 Å². The predicted octanol–water partition coefficient (Wildman–Crippen LogP) is 5.09. The Morgan fingerprint density at radius 2 is 1.84 bits per heavy atom. The van der Waals surface area contributed by atoms with Crippen LogP contribution in [-0.4, -0.2) is 83.4 Å². The third-order valence-electron chi connectivity index (χ3n) is 8.79. The first-order valence-electron chi connectivity index (χ1n) is 15.7. The molecule has 2 aliphatic heterocycles. The number of hydrogen-bond acceptors (Lipinski definition) is 8. The van der Waals surface area contributed by atoms with Crippen LogP contribution in [0.25, 0.3) is 0 Å². The molecule has 2 atom stereocenters. The zero-order valence-corrected chi connectivity index (χ0v) is 26.1. The highest BCUT2D eigenvalue weighted by Crippen LogP contribution is 2.31. The summed E-state index contributed by atoms with van der Waals surface area (Å²) in [4.78, 5) is 29.2. The van der Waals surface area contributed by atoms with Gasteiger partial charge in [-0.1, -0.05) is 12.1 Å². The fraction of sp³-hybridized carbons (Fsp3) is 0.636. The third-order valence-corrected chi connectivity index (χ3v) is 8.79. The highest BCUT2D eigenvalue weighted by Gasteiger charge is 2.35. The van der Waals surface area contributed by atoms with Gasteiger partial charge in [-0.2, -0.15) is 15.2 Å². The molecule has 3 aliphatic rings. The summed E-state index contributed by atoms with van der Waals surface area (Å²) in [5.74, 6) is 0.698. The number of nitrogens with zero attached hydrogens (tertiary/aromatic N) is 6. The number of amides is 1. The van der Waals surface area contributed by atoms with E-state index in [9.17, 15) is 14.4 Å². The summed E-state index contributed by atoms with van der Waals surface area (Å²) < 4.78 is 26.7. The minimum atomic E-state index is -0.619. The first-order chi connectivity index (χ1) is 20.6. The molecule has 1 amide bonds. The number of aryl methyl sites for hydroxylation is 2. The molecule has 1 aromatic carbocycles. The van der Waals surface area contributed by atoms with E-state index in [2.05, 4.69) is 22.9 Å². The van der Waals surface area contributed by atoms with Crippen molar-refractivity contribution >= 4 is 11.9 Å². The number of carbonyl (C=O) groups is 1. The number of carbonyl (C=O) groups excluding carboxylic acids is 1. The molecule has 9 nitrogen and oxygen atoms in total. The zero-order valence-electron chi connectivity index (χ0n) is 26.1. The average Bonchev–Trinajstić information content (AvgIpc) is 3.37. The molecule has 1 aliphatic carbocycles. The van der Waals surface area contributed by atoms with Crippen molar-refractivity contribution in [1.82, 2.24) is 19.8 Å². The average molecular weight is 593 g/mol. The van der Waals surface area contributed by atoms with Gasteiger partial charge >= 0.3 is 12.1 Å². The number of benzene rings is 1. The SMILES string of the molecule is CN1CCC[C@H]1COc1nc2c(c(N3CCN(C(=O)OC(C)(C)C)[C@@H](CC#N)C3)n1)CCCc1cccc(F)c1CCC2. The second kappa shape index (κ2) is 13.5. The van der Waals surface area contributed by atoms with E-state index in [1.165, 1.54) is 0 Å². The number of likely N-dealkylation sites (N-methyl/N-ethyl adjacent to an activating group) is 1. The fourth-order valence-electron chi connectivity index (χ4n) is 6.54. The van der Waals surface area contributed by atoms with E-state index in [0.29, 0.717) is 51.1 Å². The van der Waals surface area contributed by atoms with Gasteiger partial charge in [0.05, 0.1) is 24.2 Å². The van der Waals surface area contributed by atoms with Gasteiger partial charge in [0.15, 0.2) is 0 Å². The molecule has 0 N–H and O–H groups in total. The van der Waals surface area contributed by atoms with Gasteiger partial charge in [-0.25, -0.2) is 9.18 Å². The van der Waals surface area contributed by atoms with E-state index < -0.39 is 11.7 Å². The van der Waals surface area contributed by atoms with Crippen LogP contribution < -0.4 is 9.64 Å². The van der Waals surface area contributed by atoms with E-state index >= 15 is 0 Å². The lowest BCUT2D eigenvalue weighted by Crippen LogP contribution is -2.56. The standard InChI is InChI=1S/C33H45FN6O3/c1-33(2,3)43-32(41)40-20-19-39(21-24(40)16-17-35)30-27-13-5-9-23-10-6-14-28(34)26(23)12-7-15-29(27)36-31(37-30)42-22-25-11-8-18-38(25)4/h6,10,14,24-25H,5,7-9,11-13,15-16,18-22H2,1-4H3/t24-,25-/m0/s1. The van der Waals surface area contributed by atoms with E-state index in [4.69, 9.17) is 19.4 Å². The Balaban J connectivity index is 1.44. The van der Waals surface area contributed by atoms with E-state index in [1.54, 1.807) is 17.0 Å². The van der Waals surface area contributed by atoms with Gasteiger partial charge in [-0.05, 0) is 103 Å². The summed E-state index contributed by atoms with van der Waals surface area (Å²) in [5.41, 5.74) is 3.31. The Morgan fingerprint density at radius 3 is 2.58 bits per heavy atom. The molecule has 0 spiro atoms. The Morgan fingerprint density at radius 1 is 1.05 bits per heavy atom. The number of rotatable bonds is 5. The second-order valence-electron chi connectivity index (χ2n) is 13.1. The molecule has 3 heterocycles. The second-order valence-corrected chi connectivity index (χ2v) is 13.1. The number of anilines is 1. The monoisotopic (exact) mass is 592 g/mol. The molecule has 0 bridgehead atoms. The molecule has 0 unspecified atom stereocenters. The van der Waals surface area contributed by atoms with E-state index in [-0.39, 0.29) is 18.3 Å². The van der Waals surface area contributed by atoms with Crippen LogP contribution in [0.4, 0.5) is 15.0 Å². The summed E-state index contributed by atoms with van der Waals surface area (Å²) in [5, 5.41) is 9.64. The van der Waals surface area contributed by atoms with Crippen molar-refractivity contribution in [3.63, 3.8) is 0 Å². The van der Waals surface area contributed by atoms with Crippen LogP contribution in [0, 0.1) is 17.1 Å². The van der Waals surface area contributed by atoms with Crippen LogP contribution in [0.2, 0.25) is 0 Å². The number of halogens is 1. The topological polar surface area (TPSA) is 94.8 Å². The maximum atomic E-state index is 14.7. The number of likely N-dealkylation sites (tertiary alicyclic amines) is 1. The molecule has 5 rings (SSSR count). The normalized spacial score (nSPS) is 21.5. The summed E-state index contributed by atoms with van der Waals surface area (Å²) in [7, 11) is 2.12. The van der Waals surface area contributed by atoms with Crippen LogP contribution in [-0.2, 0) is 30.4 Å². The molecule has 0 saturated carbocycles. The summed E-state index contributed by atoms with van der Waals surface area (Å²) >= 11 is 0. The number of hydrogen-bond donors (Lipinski definition) is 0. The van der Waals surface area contributed by atoms with Crippen LogP contribution >= 0.6 is 0 Å². The lowest BCUT2D eigenvalue weighted by Gasteiger charge is -2.42. The van der Waals surface area contributed by atoms with Gasteiger partial charge in [-0.15, -0.1) is 0 Å². The first-order valence-corrected chi connectivity index (χ1v) is 15.7. The predicted molar refractivity (Wildman–Crippen MR) is 163 cm³/mol. The Kier molecular flexibility index (Phi) is 9.70. The largest absolute Gasteiger partial charge is 0.462 e. The van der Waals surface area contributed by atoms with Gasteiger partial charge in [0, 0.05) is 31.2 Å². The fourth-order valence-corrected chi connectivity index (χ4v) is 6.54. The molecular weight excluding hydrogens is 547 g/mol. The lowest BCUT2D eigenvalue weighted by atomic mass is 9.92. The number of aromatic nitrogens is 2. The number of fused-ring (bicyclic) bond motifs is 2. The van der Waals surface area contributed by atoms with Crippen LogP contribution in [0.3, 0.4) is 0 Å². The molecule has 232 valence electrons. The van der Waals surface area contributed by atoms with Gasteiger partial charge < -0.3 is 24.2 Å². The van der Waals surface area contributed by atoms with Gasteiger partial charge in [0.2, 0.25) is 0 Å². The highest BCUT2D eigenvalue weighted by molar-refractivity contribution is 5.69. The van der Waals surface area contributed by atoms with Crippen LogP contribution in [0.1, 0.15) is 75.3 Å². The molecular formula is C33H45FN6O3. The summed E-state index contributed by atoms with van der Waals surface area (Å²) in [6.45, 7) is 8.58. The Labute approximate surface area is 255 Å². The van der Waals surface area contributed by atoms with Crippen molar-refractivity contribution in [2.75, 3.05) is 44.7 Å². The van der Waals surface area contributed by atoms with Crippen molar-refractivity contribution in [3.8, 4) is 12.1 Å². The number of nitriles is 1. The van der Waals surface area contributed by atoms with Crippen LogP contribution in [0.15, 0.2) is 18.2 Å². The van der Waals surface area contributed by atoms with Gasteiger partial charge in [0.25, 0.3) is 0 Å². The van der Waals surface area contributed by atoms with E-state index in [0.717, 1.165) is 73.3 Å². The Hall–Kier alpha value is -3.45. The Bertz CT molecular complexity index is 1340. The van der Waals surface area contributed by atoms with E-state index in [1.807, 2.05) is 26.8 Å². The zero-order chi connectivity index (χ0) is 30.6. The molecule has 10 heteroatoms. The molecule has 2 fully saturated rings.